The van der Waals surface area contributed by atoms with Crippen LogP contribution in [0.3, 0.4) is 0 Å². The topological polar surface area (TPSA) is 16.1 Å². The summed E-state index contributed by atoms with van der Waals surface area (Å²) in [5, 5.41) is 0. The van der Waals surface area contributed by atoms with Gasteiger partial charge in [-0.2, -0.15) is 0 Å². The van der Waals surface area contributed by atoms with E-state index in [1.54, 1.807) is 12.4 Å². The predicted molar refractivity (Wildman–Crippen MR) is 91.2 cm³/mol. The second-order valence-corrected chi connectivity index (χ2v) is 5.90. The average Bonchev–Trinajstić information content (AvgIpc) is 2.55. The zero-order valence-corrected chi connectivity index (χ0v) is 13.4. The molecule has 0 fully saturated rings. The van der Waals surface area contributed by atoms with Crippen LogP contribution in [0.5, 0.6) is 0 Å². The third-order valence-electron chi connectivity index (χ3n) is 3.74. The van der Waals surface area contributed by atoms with Crippen LogP contribution in [-0.4, -0.2) is 16.9 Å². The quantitative estimate of drug-likeness (QED) is 0.678. The molecule has 2 nitrogen and oxygen atoms in total. The van der Waals surface area contributed by atoms with Crippen LogP contribution in [0, 0.1) is 11.6 Å². The number of hydrogen-bond donors (Lipinski definition) is 0. The van der Waals surface area contributed by atoms with E-state index in [9.17, 15) is 8.78 Å². The Kier molecular flexibility index (Phi) is 4.96. The van der Waals surface area contributed by atoms with Crippen LogP contribution in [0.25, 0.3) is 11.1 Å². The van der Waals surface area contributed by atoms with Crippen molar-refractivity contribution in [1.82, 2.24) is 9.88 Å². The van der Waals surface area contributed by atoms with Gasteiger partial charge in [0, 0.05) is 37.1 Å². The van der Waals surface area contributed by atoms with E-state index in [1.165, 1.54) is 17.7 Å². The van der Waals surface area contributed by atoms with Gasteiger partial charge < -0.3 is 0 Å². The van der Waals surface area contributed by atoms with Gasteiger partial charge in [-0.25, -0.2) is 8.78 Å². The molecule has 4 heteroatoms. The van der Waals surface area contributed by atoms with Gasteiger partial charge in [0.15, 0.2) is 0 Å². The number of halogens is 2. The molecule has 0 aliphatic heterocycles. The summed E-state index contributed by atoms with van der Waals surface area (Å²) in [5.74, 6) is -1.17. The van der Waals surface area contributed by atoms with Crippen molar-refractivity contribution < 1.29 is 8.78 Å². The van der Waals surface area contributed by atoms with E-state index in [2.05, 4.69) is 22.0 Å². The highest BCUT2D eigenvalue weighted by Gasteiger charge is 2.07. The fourth-order valence-electron chi connectivity index (χ4n) is 2.72. The van der Waals surface area contributed by atoms with E-state index in [-0.39, 0.29) is 0 Å². The molecule has 0 atom stereocenters. The van der Waals surface area contributed by atoms with Gasteiger partial charge in [-0.1, -0.05) is 30.3 Å². The van der Waals surface area contributed by atoms with Crippen molar-refractivity contribution in [3.63, 3.8) is 0 Å². The van der Waals surface area contributed by atoms with Crippen LogP contribution in [0.15, 0.2) is 67.0 Å². The van der Waals surface area contributed by atoms with Crippen LogP contribution >= 0.6 is 0 Å². The number of rotatable bonds is 5. The van der Waals surface area contributed by atoms with Crippen LogP contribution in [0.1, 0.15) is 11.1 Å². The van der Waals surface area contributed by atoms with Crippen molar-refractivity contribution in [3.8, 4) is 11.1 Å². The Morgan fingerprint density at radius 2 is 1.46 bits per heavy atom. The maximum absolute atomic E-state index is 13.4. The lowest BCUT2D eigenvalue weighted by atomic mass is 10.1. The fraction of sp³-hybridized carbons (Fsp3) is 0.150. The predicted octanol–water partition coefficient (Wildman–Crippen LogP) is 4.66. The van der Waals surface area contributed by atoms with Gasteiger partial charge in [-0.05, 0) is 41.9 Å². The first-order valence-corrected chi connectivity index (χ1v) is 7.73. The fourth-order valence-corrected chi connectivity index (χ4v) is 2.72. The second-order valence-electron chi connectivity index (χ2n) is 5.90. The molecule has 1 heterocycles. The molecule has 3 aromatic rings. The van der Waals surface area contributed by atoms with Gasteiger partial charge >= 0.3 is 0 Å². The molecule has 2 aromatic carbocycles. The molecule has 0 radical (unpaired) electrons. The Hall–Kier alpha value is -2.59. The van der Waals surface area contributed by atoms with Crippen molar-refractivity contribution in [1.29, 1.82) is 0 Å². The standard InChI is InChI=1S/C20H18F2N2/c1-24(13-15-5-3-2-4-6-15)14-16-7-18(12-23-11-16)17-8-19(21)10-20(22)9-17/h2-12H,13-14H2,1H3. The van der Waals surface area contributed by atoms with Gasteiger partial charge in [0.05, 0.1) is 0 Å². The monoisotopic (exact) mass is 324 g/mol. The van der Waals surface area contributed by atoms with Crippen molar-refractivity contribution >= 4 is 0 Å². The van der Waals surface area contributed by atoms with E-state index >= 15 is 0 Å². The van der Waals surface area contributed by atoms with Crippen molar-refractivity contribution in [3.05, 3.63) is 89.8 Å². The number of aromatic nitrogens is 1. The first kappa shape index (κ1) is 16.3. The molecule has 24 heavy (non-hydrogen) atoms. The van der Waals surface area contributed by atoms with Gasteiger partial charge in [0.25, 0.3) is 0 Å². The Labute approximate surface area is 140 Å². The third-order valence-corrected chi connectivity index (χ3v) is 3.74. The largest absolute Gasteiger partial charge is 0.298 e. The lowest BCUT2D eigenvalue weighted by Gasteiger charge is -2.17. The van der Waals surface area contributed by atoms with E-state index in [0.29, 0.717) is 17.7 Å². The summed E-state index contributed by atoms with van der Waals surface area (Å²) in [6, 6.07) is 15.6. The zero-order valence-electron chi connectivity index (χ0n) is 13.4. The third kappa shape index (κ3) is 4.24. The summed E-state index contributed by atoms with van der Waals surface area (Å²) in [4.78, 5) is 6.38. The number of nitrogens with zero attached hydrogens (tertiary/aromatic N) is 2. The maximum Gasteiger partial charge on any atom is 0.126 e. The highest BCUT2D eigenvalue weighted by molar-refractivity contribution is 5.63. The molecule has 0 saturated heterocycles. The summed E-state index contributed by atoms with van der Waals surface area (Å²) >= 11 is 0. The molecule has 0 spiro atoms. The first-order valence-electron chi connectivity index (χ1n) is 7.73. The Bertz CT molecular complexity index is 799. The molecule has 0 bridgehead atoms. The minimum atomic E-state index is -0.586. The number of benzene rings is 2. The van der Waals surface area contributed by atoms with Crippen molar-refractivity contribution in [2.75, 3.05) is 7.05 Å². The lowest BCUT2D eigenvalue weighted by molar-refractivity contribution is 0.319. The molecule has 0 saturated carbocycles. The normalized spacial score (nSPS) is 11.0. The van der Waals surface area contributed by atoms with Gasteiger partial charge in [0.1, 0.15) is 11.6 Å². The molecule has 0 aliphatic carbocycles. The maximum atomic E-state index is 13.4. The first-order chi connectivity index (χ1) is 11.6. The number of hydrogen-bond acceptors (Lipinski definition) is 2. The van der Waals surface area contributed by atoms with Crippen molar-refractivity contribution in [2.24, 2.45) is 0 Å². The summed E-state index contributed by atoms with van der Waals surface area (Å²) in [6.45, 7) is 1.52. The van der Waals surface area contributed by atoms with E-state index in [1.807, 2.05) is 31.3 Å². The molecule has 0 amide bonds. The summed E-state index contributed by atoms with van der Waals surface area (Å²) in [7, 11) is 2.03. The van der Waals surface area contributed by atoms with E-state index in [0.717, 1.165) is 18.2 Å². The van der Waals surface area contributed by atoms with E-state index in [4.69, 9.17) is 0 Å². The van der Waals surface area contributed by atoms with Crippen molar-refractivity contribution in [2.45, 2.75) is 13.1 Å². The average molecular weight is 324 g/mol. The van der Waals surface area contributed by atoms with E-state index < -0.39 is 11.6 Å². The summed E-state index contributed by atoms with van der Waals surface area (Å²) in [6.07, 6.45) is 3.40. The Morgan fingerprint density at radius 1 is 0.792 bits per heavy atom. The smallest absolute Gasteiger partial charge is 0.126 e. The van der Waals surface area contributed by atoms with Crippen LogP contribution in [0.2, 0.25) is 0 Å². The van der Waals surface area contributed by atoms with Crippen LogP contribution in [-0.2, 0) is 13.1 Å². The molecular weight excluding hydrogens is 306 g/mol. The molecule has 1 aromatic heterocycles. The van der Waals surface area contributed by atoms with Gasteiger partial charge in [0.2, 0.25) is 0 Å². The summed E-state index contributed by atoms with van der Waals surface area (Å²) in [5.41, 5.74) is 3.43. The molecule has 0 aliphatic rings. The molecule has 3 rings (SSSR count). The molecular formula is C20H18F2N2. The van der Waals surface area contributed by atoms with Crippen LogP contribution < -0.4 is 0 Å². The molecule has 0 unspecified atom stereocenters. The Morgan fingerprint density at radius 3 is 2.17 bits per heavy atom. The van der Waals surface area contributed by atoms with Gasteiger partial charge in [-0.3, -0.25) is 9.88 Å². The second kappa shape index (κ2) is 7.32. The molecule has 0 N–H and O–H groups in total. The minimum absolute atomic E-state index is 0.493. The SMILES string of the molecule is CN(Cc1ccccc1)Cc1cncc(-c2cc(F)cc(F)c2)c1. The Balaban J connectivity index is 1.75. The van der Waals surface area contributed by atoms with Crippen LogP contribution in [0.4, 0.5) is 8.78 Å². The highest BCUT2D eigenvalue weighted by atomic mass is 19.1. The number of pyridine rings is 1. The molecule has 122 valence electrons. The minimum Gasteiger partial charge on any atom is -0.298 e. The summed E-state index contributed by atoms with van der Waals surface area (Å²) < 4.78 is 26.8. The van der Waals surface area contributed by atoms with Gasteiger partial charge in [-0.15, -0.1) is 0 Å². The lowest BCUT2D eigenvalue weighted by Crippen LogP contribution is -2.17. The highest BCUT2D eigenvalue weighted by Crippen LogP contribution is 2.22. The zero-order chi connectivity index (χ0) is 16.9.